The molecule has 0 aliphatic carbocycles. The van der Waals surface area contributed by atoms with E-state index < -0.39 is 5.91 Å². The zero-order valence-corrected chi connectivity index (χ0v) is 10.1. The number of anilines is 1. The molecule has 0 aromatic heterocycles. The summed E-state index contributed by atoms with van der Waals surface area (Å²) < 4.78 is 0. The van der Waals surface area contributed by atoms with Gasteiger partial charge in [0.2, 0.25) is 5.91 Å². The quantitative estimate of drug-likeness (QED) is 0.854. The van der Waals surface area contributed by atoms with Crippen LogP contribution < -0.4 is 10.6 Å². The highest BCUT2D eigenvalue weighted by molar-refractivity contribution is 5.97. The number of hydrogen-bond donors (Lipinski definition) is 1. The van der Waals surface area contributed by atoms with Crippen molar-refractivity contribution in [2.75, 3.05) is 18.0 Å². The molecule has 2 rings (SSSR count). The average molecular weight is 232 g/mol. The Morgan fingerprint density at radius 3 is 2.47 bits per heavy atom. The van der Waals surface area contributed by atoms with Crippen LogP contribution in [0.25, 0.3) is 0 Å². The molecule has 90 valence electrons. The highest BCUT2D eigenvalue weighted by Gasteiger charge is 2.24. The lowest BCUT2D eigenvalue weighted by atomic mass is 9.95. The number of nitrogens with zero attached hydrogens (tertiary/aromatic N) is 1. The molecule has 1 heterocycles. The smallest absolute Gasteiger partial charge is 0.248 e. The van der Waals surface area contributed by atoms with Crippen LogP contribution in [0.4, 0.5) is 5.69 Å². The molecule has 0 atom stereocenters. The fourth-order valence-corrected chi connectivity index (χ4v) is 2.01. The summed E-state index contributed by atoms with van der Waals surface area (Å²) in [7, 11) is 0. The molecule has 1 fully saturated rings. The van der Waals surface area contributed by atoms with Gasteiger partial charge in [0.1, 0.15) is 0 Å². The lowest BCUT2D eigenvalue weighted by Crippen LogP contribution is -2.47. The van der Waals surface area contributed by atoms with Crippen LogP contribution in [-0.4, -0.2) is 24.8 Å². The first-order chi connectivity index (χ1) is 7.99. The van der Waals surface area contributed by atoms with Gasteiger partial charge in [-0.05, 0) is 29.7 Å². The Kier molecular flexibility index (Phi) is 2.88. The van der Waals surface area contributed by atoms with Crippen LogP contribution in [0.5, 0.6) is 0 Å². The summed E-state index contributed by atoms with van der Waals surface area (Å²) in [5, 5.41) is 0. The zero-order chi connectivity index (χ0) is 12.6. The fourth-order valence-electron chi connectivity index (χ4n) is 2.01. The summed E-state index contributed by atoms with van der Waals surface area (Å²) in [4.78, 5) is 24.2. The van der Waals surface area contributed by atoms with E-state index >= 15 is 0 Å². The predicted octanol–water partition coefficient (Wildman–Crippen LogP) is 1.30. The number of carbonyl (C=O) groups is 2. The van der Waals surface area contributed by atoms with Gasteiger partial charge in [0.05, 0.1) is 13.1 Å². The molecule has 2 N–H and O–H groups in total. The maximum Gasteiger partial charge on any atom is 0.248 e. The molecule has 0 saturated carbocycles. The van der Waals surface area contributed by atoms with Crippen LogP contribution in [-0.2, 0) is 4.79 Å². The van der Waals surface area contributed by atoms with Gasteiger partial charge in [0, 0.05) is 11.3 Å². The predicted molar refractivity (Wildman–Crippen MR) is 66.3 cm³/mol. The topological polar surface area (TPSA) is 63.4 Å². The first kappa shape index (κ1) is 11.6. The Labute approximate surface area is 100 Å². The number of amides is 1. The standard InChI is InChI=1S/C13H16N2O2/c1-8(2)12-5-9(15-6-10(16)7-15)3-4-11(12)13(14)17/h3-5,8H,6-7H2,1-2H3,(H2,14,17). The van der Waals surface area contributed by atoms with E-state index in [1.807, 2.05) is 30.9 Å². The summed E-state index contributed by atoms with van der Waals surface area (Å²) in [6.45, 7) is 4.97. The molecule has 0 spiro atoms. The zero-order valence-electron chi connectivity index (χ0n) is 10.1. The van der Waals surface area contributed by atoms with Crippen molar-refractivity contribution in [3.8, 4) is 0 Å². The van der Waals surface area contributed by atoms with Gasteiger partial charge < -0.3 is 10.6 Å². The number of primary amides is 1. The minimum atomic E-state index is -0.403. The minimum absolute atomic E-state index is 0.231. The SMILES string of the molecule is CC(C)c1cc(N2CC(=O)C2)ccc1C(N)=O. The summed E-state index contributed by atoms with van der Waals surface area (Å²) in [6, 6.07) is 5.55. The molecule has 1 amide bonds. The Bertz CT molecular complexity index is 472. The van der Waals surface area contributed by atoms with Crippen LogP contribution in [0.1, 0.15) is 35.7 Å². The van der Waals surface area contributed by atoms with E-state index in [2.05, 4.69) is 0 Å². The molecule has 4 heteroatoms. The molecule has 1 saturated heterocycles. The van der Waals surface area contributed by atoms with Gasteiger partial charge in [0.15, 0.2) is 5.78 Å². The number of rotatable bonds is 3. The van der Waals surface area contributed by atoms with Crippen molar-refractivity contribution in [2.24, 2.45) is 5.73 Å². The van der Waals surface area contributed by atoms with E-state index in [1.165, 1.54) is 0 Å². The van der Waals surface area contributed by atoms with E-state index in [1.54, 1.807) is 6.07 Å². The number of ketones is 1. The van der Waals surface area contributed by atoms with Crippen molar-refractivity contribution in [1.82, 2.24) is 0 Å². The molecule has 0 unspecified atom stereocenters. The number of Topliss-reactive ketones (excluding diaryl/α,β-unsaturated/α-hetero) is 1. The third-order valence-corrected chi connectivity index (χ3v) is 3.02. The Balaban J connectivity index is 2.35. The molecule has 0 radical (unpaired) electrons. The maximum atomic E-state index is 11.3. The Morgan fingerprint density at radius 1 is 1.35 bits per heavy atom. The Hall–Kier alpha value is -1.84. The summed E-state index contributed by atoms with van der Waals surface area (Å²) in [5.74, 6) is 0.0736. The molecular formula is C13H16N2O2. The molecule has 1 aliphatic heterocycles. The molecular weight excluding hydrogens is 216 g/mol. The summed E-state index contributed by atoms with van der Waals surface area (Å²) in [6.07, 6.45) is 0. The minimum Gasteiger partial charge on any atom is -0.366 e. The van der Waals surface area contributed by atoms with Crippen molar-refractivity contribution in [2.45, 2.75) is 19.8 Å². The number of hydrogen-bond acceptors (Lipinski definition) is 3. The van der Waals surface area contributed by atoms with E-state index in [4.69, 9.17) is 5.73 Å². The van der Waals surface area contributed by atoms with E-state index in [0.29, 0.717) is 18.7 Å². The van der Waals surface area contributed by atoms with Gasteiger partial charge in [-0.3, -0.25) is 9.59 Å². The Morgan fingerprint density at radius 2 is 2.00 bits per heavy atom. The molecule has 4 nitrogen and oxygen atoms in total. The normalized spacial score (nSPS) is 15.0. The van der Waals surface area contributed by atoms with Gasteiger partial charge in [0.25, 0.3) is 0 Å². The highest BCUT2D eigenvalue weighted by atomic mass is 16.1. The lowest BCUT2D eigenvalue weighted by Gasteiger charge is -2.32. The molecule has 1 aromatic carbocycles. The van der Waals surface area contributed by atoms with Crippen molar-refractivity contribution in [3.05, 3.63) is 29.3 Å². The monoisotopic (exact) mass is 232 g/mol. The van der Waals surface area contributed by atoms with Gasteiger partial charge in [-0.2, -0.15) is 0 Å². The fraction of sp³-hybridized carbons (Fsp3) is 0.385. The second-order valence-electron chi connectivity index (χ2n) is 4.69. The largest absolute Gasteiger partial charge is 0.366 e. The average Bonchev–Trinajstić information content (AvgIpc) is 2.23. The molecule has 1 aliphatic rings. The van der Waals surface area contributed by atoms with Crippen LogP contribution in [0, 0.1) is 0 Å². The molecule has 1 aromatic rings. The van der Waals surface area contributed by atoms with Crippen LogP contribution in [0.15, 0.2) is 18.2 Å². The maximum absolute atomic E-state index is 11.3. The number of carbonyl (C=O) groups excluding carboxylic acids is 2. The second kappa shape index (κ2) is 4.20. The highest BCUT2D eigenvalue weighted by Crippen LogP contribution is 2.27. The number of nitrogens with two attached hydrogens (primary N) is 1. The molecule has 0 bridgehead atoms. The van der Waals surface area contributed by atoms with Gasteiger partial charge >= 0.3 is 0 Å². The third kappa shape index (κ3) is 2.16. The number of benzene rings is 1. The van der Waals surface area contributed by atoms with E-state index in [0.717, 1.165) is 11.3 Å². The third-order valence-electron chi connectivity index (χ3n) is 3.02. The first-order valence-electron chi connectivity index (χ1n) is 5.69. The van der Waals surface area contributed by atoms with Gasteiger partial charge in [-0.1, -0.05) is 13.8 Å². The van der Waals surface area contributed by atoms with Crippen molar-refractivity contribution in [1.29, 1.82) is 0 Å². The van der Waals surface area contributed by atoms with E-state index in [9.17, 15) is 9.59 Å². The molecule has 17 heavy (non-hydrogen) atoms. The van der Waals surface area contributed by atoms with Crippen LogP contribution >= 0.6 is 0 Å². The summed E-state index contributed by atoms with van der Waals surface area (Å²) >= 11 is 0. The van der Waals surface area contributed by atoms with E-state index in [-0.39, 0.29) is 11.7 Å². The first-order valence-corrected chi connectivity index (χ1v) is 5.69. The lowest BCUT2D eigenvalue weighted by molar-refractivity contribution is -0.119. The van der Waals surface area contributed by atoms with Crippen LogP contribution in [0.2, 0.25) is 0 Å². The van der Waals surface area contributed by atoms with Crippen molar-refractivity contribution >= 4 is 17.4 Å². The summed E-state index contributed by atoms with van der Waals surface area (Å²) in [5.41, 5.74) is 7.83. The van der Waals surface area contributed by atoms with Crippen molar-refractivity contribution in [3.63, 3.8) is 0 Å². The van der Waals surface area contributed by atoms with Crippen LogP contribution in [0.3, 0.4) is 0 Å². The second-order valence-corrected chi connectivity index (χ2v) is 4.69. The van der Waals surface area contributed by atoms with Gasteiger partial charge in [-0.25, -0.2) is 0 Å². The van der Waals surface area contributed by atoms with Crippen molar-refractivity contribution < 1.29 is 9.59 Å². The van der Waals surface area contributed by atoms with Gasteiger partial charge in [-0.15, -0.1) is 0 Å².